The molecule has 4 aliphatic carbocycles. The van der Waals surface area contributed by atoms with Gasteiger partial charge in [-0.2, -0.15) is 0 Å². The van der Waals surface area contributed by atoms with Crippen molar-refractivity contribution < 1.29 is 27.7 Å². The molecule has 0 unspecified atom stereocenters. The Morgan fingerprint density at radius 3 is 1.48 bits per heavy atom. The number of nitrogens with zero attached hydrogens (tertiary/aromatic N) is 4. The van der Waals surface area contributed by atoms with Gasteiger partial charge in [-0.25, -0.2) is 18.7 Å². The normalized spacial score (nSPS) is 25.6. The Balaban J connectivity index is 0.000000150. The quantitative estimate of drug-likeness (QED) is 0.167. The van der Waals surface area contributed by atoms with Crippen LogP contribution in [0.25, 0.3) is 0 Å². The van der Waals surface area contributed by atoms with E-state index < -0.39 is 11.1 Å². The molecule has 2 saturated carbocycles. The molecule has 58 heavy (non-hydrogen) atoms. The zero-order chi connectivity index (χ0) is 40.0. The molecule has 4 N–H and O–H groups in total. The number of nitrogens with two attached hydrogens (primary N) is 2. The average molecular weight is 827 g/mol. The Kier molecular flexibility index (Phi) is 10.7. The third kappa shape index (κ3) is 7.58. The molecule has 2 aromatic carbocycles. The van der Waals surface area contributed by atoms with Gasteiger partial charge in [0.25, 0.3) is 0 Å². The molecule has 10 nitrogen and oxygen atoms in total. The number of ether oxygens (including phenoxy) is 4. The molecular weight excluding hydrogens is 779 g/mol. The number of benzene rings is 2. The molecule has 2 aromatic heterocycles. The van der Waals surface area contributed by atoms with Gasteiger partial charge in [0.15, 0.2) is 10.3 Å². The molecule has 304 valence electrons. The van der Waals surface area contributed by atoms with Crippen molar-refractivity contribution in [2.45, 2.75) is 62.4 Å². The van der Waals surface area contributed by atoms with Crippen LogP contribution in [0.1, 0.15) is 59.1 Å². The van der Waals surface area contributed by atoms with E-state index in [-0.39, 0.29) is 23.5 Å². The van der Waals surface area contributed by atoms with Crippen molar-refractivity contribution in [3.8, 4) is 23.3 Å². The van der Waals surface area contributed by atoms with Gasteiger partial charge in [0.05, 0.1) is 38.5 Å². The van der Waals surface area contributed by atoms with Gasteiger partial charge in [0, 0.05) is 70.8 Å². The van der Waals surface area contributed by atoms with Gasteiger partial charge in [-0.05, 0) is 110 Å². The molecule has 14 heteroatoms. The van der Waals surface area contributed by atoms with E-state index in [1.807, 2.05) is 24.3 Å². The van der Waals surface area contributed by atoms with Crippen LogP contribution >= 0.6 is 23.5 Å². The first-order valence-electron chi connectivity index (χ1n) is 20.0. The van der Waals surface area contributed by atoms with Crippen LogP contribution in [0.4, 0.5) is 8.78 Å². The summed E-state index contributed by atoms with van der Waals surface area (Å²) in [7, 11) is 3.23. The lowest BCUT2D eigenvalue weighted by molar-refractivity contribution is 0.258. The predicted octanol–water partition coefficient (Wildman–Crippen LogP) is 7.38. The first kappa shape index (κ1) is 38.9. The Labute approximate surface area is 346 Å². The monoisotopic (exact) mass is 826 g/mol. The van der Waals surface area contributed by atoms with Crippen molar-refractivity contribution >= 4 is 33.9 Å². The Hall–Kier alpha value is -4.56. The molecule has 4 atom stereocenters. The van der Waals surface area contributed by atoms with Crippen LogP contribution in [0.3, 0.4) is 0 Å². The number of aromatic nitrogens is 2. The molecular formula is C44H48F2N6O4S2. The number of pyridine rings is 2. The number of thioether (sulfide) groups is 2. The minimum atomic E-state index is -0.776. The van der Waals surface area contributed by atoms with E-state index in [2.05, 4.69) is 9.97 Å². The summed E-state index contributed by atoms with van der Waals surface area (Å²) in [5.74, 6) is 5.11. The third-order valence-corrected chi connectivity index (χ3v) is 14.4. The topological polar surface area (TPSA) is 139 Å². The molecule has 0 spiro atoms. The maximum atomic E-state index is 15.2. The van der Waals surface area contributed by atoms with Crippen LogP contribution in [0.15, 0.2) is 70.9 Å². The number of hydrogen-bond acceptors (Lipinski definition) is 12. The number of aliphatic imine (C=N–C) groups is 2. The number of methoxy groups -OCH3 is 2. The molecule has 0 amide bonds. The summed E-state index contributed by atoms with van der Waals surface area (Å²) >= 11 is 3.08. The number of fused-ring (bicyclic) bond motifs is 4. The molecule has 0 saturated heterocycles. The second-order valence-corrected chi connectivity index (χ2v) is 18.3. The van der Waals surface area contributed by atoms with E-state index in [9.17, 15) is 0 Å². The summed E-state index contributed by atoms with van der Waals surface area (Å²) in [6.07, 6.45) is 11.0. The second kappa shape index (κ2) is 15.9. The van der Waals surface area contributed by atoms with Crippen molar-refractivity contribution in [2.75, 3.05) is 38.9 Å². The van der Waals surface area contributed by atoms with E-state index in [1.54, 1.807) is 62.3 Å². The third-order valence-electron chi connectivity index (χ3n) is 12.4. The molecule has 0 radical (unpaired) electrons. The Morgan fingerprint density at radius 2 is 1.09 bits per heavy atom. The average Bonchev–Trinajstić information content (AvgIpc) is 4.18. The Bertz CT molecular complexity index is 2110. The van der Waals surface area contributed by atoms with E-state index in [1.165, 1.54) is 48.9 Å². The summed E-state index contributed by atoms with van der Waals surface area (Å²) in [4.78, 5) is 18.5. The number of rotatable bonds is 10. The van der Waals surface area contributed by atoms with Crippen LogP contribution < -0.4 is 30.4 Å². The summed E-state index contributed by atoms with van der Waals surface area (Å²) < 4.78 is 53.3. The molecule has 0 bridgehead atoms. The van der Waals surface area contributed by atoms with Gasteiger partial charge >= 0.3 is 0 Å². The van der Waals surface area contributed by atoms with Crippen molar-refractivity contribution in [1.29, 1.82) is 0 Å². The van der Waals surface area contributed by atoms with Crippen LogP contribution in [0.2, 0.25) is 0 Å². The number of hydrogen-bond donors (Lipinski definition) is 2. The van der Waals surface area contributed by atoms with E-state index >= 15 is 8.78 Å². The molecule has 4 aromatic rings. The maximum absolute atomic E-state index is 15.2. The molecule has 2 fully saturated rings. The van der Waals surface area contributed by atoms with Gasteiger partial charge in [-0.15, -0.1) is 0 Å². The van der Waals surface area contributed by atoms with Crippen LogP contribution in [0.5, 0.6) is 23.3 Å². The van der Waals surface area contributed by atoms with Crippen molar-refractivity contribution in [2.24, 2.45) is 45.1 Å². The minimum absolute atomic E-state index is 0.132. The summed E-state index contributed by atoms with van der Waals surface area (Å²) in [5, 5.41) is 0.993. The van der Waals surface area contributed by atoms with Crippen LogP contribution in [-0.4, -0.2) is 59.2 Å². The first-order valence-corrected chi connectivity index (χ1v) is 22.0. The maximum Gasteiger partial charge on any atom is 0.216 e. The number of halogens is 2. The Morgan fingerprint density at radius 1 is 0.655 bits per heavy atom. The minimum Gasteiger partial charge on any atom is -0.493 e. The first-order chi connectivity index (χ1) is 28.2. The lowest BCUT2D eigenvalue weighted by Crippen LogP contribution is -2.46. The molecule has 6 aliphatic rings. The van der Waals surface area contributed by atoms with Gasteiger partial charge < -0.3 is 30.4 Å². The van der Waals surface area contributed by atoms with Crippen molar-refractivity contribution in [3.63, 3.8) is 0 Å². The highest BCUT2D eigenvalue weighted by atomic mass is 32.2. The van der Waals surface area contributed by atoms with Crippen molar-refractivity contribution in [3.05, 3.63) is 106 Å². The van der Waals surface area contributed by atoms with Gasteiger partial charge in [0.2, 0.25) is 11.8 Å². The summed E-state index contributed by atoms with van der Waals surface area (Å²) in [6, 6.07) is 14.1. The zero-order valence-electron chi connectivity index (χ0n) is 32.7. The second-order valence-electron chi connectivity index (χ2n) is 16.2. The van der Waals surface area contributed by atoms with Crippen LogP contribution in [-0.2, 0) is 36.8 Å². The smallest absolute Gasteiger partial charge is 0.216 e. The SMILES string of the molecule is COc1nccc2c1C[C@@]1(c3cc(OCC4CC4)ccc3F)N=C(N)SC[C@H]1C2.COc1nccc2c1C[C@]1(c3cc(OCC4CC4)ccc3F)N=C(N)SC[C@@H]1C2. The molecule has 10 rings (SSSR count). The van der Waals surface area contributed by atoms with Gasteiger partial charge in [-0.1, -0.05) is 23.5 Å². The molecule has 4 heterocycles. The lowest BCUT2D eigenvalue weighted by atomic mass is 9.67. The van der Waals surface area contributed by atoms with E-state index in [0.717, 1.165) is 35.5 Å². The van der Waals surface area contributed by atoms with Gasteiger partial charge in [0.1, 0.15) is 23.1 Å². The summed E-state index contributed by atoms with van der Waals surface area (Å²) in [5.41, 5.74) is 16.2. The summed E-state index contributed by atoms with van der Waals surface area (Å²) in [6.45, 7) is 1.37. The number of amidine groups is 2. The standard InChI is InChI=1S/2C22H24FN3O2S/c2*1-27-20-17-10-22(15(12-29-21(24)26-22)8-14(17)6-7-25-20)18-9-16(4-5-19(18)23)28-11-13-2-3-13/h2*4-7,9,13,15H,2-3,8,10-12H2,1H3,(H2,24,26)/t2*15-,22-/m10/s1. The predicted molar refractivity (Wildman–Crippen MR) is 224 cm³/mol. The highest BCUT2D eigenvalue weighted by molar-refractivity contribution is 8.14. The highest BCUT2D eigenvalue weighted by Crippen LogP contribution is 2.52. The lowest BCUT2D eigenvalue weighted by Gasteiger charge is -2.45. The van der Waals surface area contributed by atoms with Crippen molar-refractivity contribution in [1.82, 2.24) is 9.97 Å². The zero-order valence-corrected chi connectivity index (χ0v) is 34.4. The van der Waals surface area contributed by atoms with E-state index in [0.29, 0.717) is 82.6 Å². The largest absolute Gasteiger partial charge is 0.493 e. The fourth-order valence-corrected chi connectivity index (χ4v) is 10.9. The highest BCUT2D eigenvalue weighted by Gasteiger charge is 2.50. The van der Waals surface area contributed by atoms with Crippen LogP contribution in [0, 0.1) is 35.3 Å². The van der Waals surface area contributed by atoms with E-state index in [4.69, 9.17) is 40.4 Å². The fourth-order valence-electron chi connectivity index (χ4n) is 8.92. The molecule has 2 aliphatic heterocycles. The fraction of sp³-hybridized carbons (Fsp3) is 0.455. The van der Waals surface area contributed by atoms with Gasteiger partial charge in [-0.3, -0.25) is 9.98 Å².